The minimum absolute atomic E-state index is 0.00323. The fourth-order valence-electron chi connectivity index (χ4n) is 7.67. The van der Waals surface area contributed by atoms with E-state index in [0.717, 1.165) is 24.8 Å². The number of hydrogen-bond donors (Lipinski definition) is 1. The molecule has 2 fully saturated rings. The van der Waals surface area contributed by atoms with Crippen molar-refractivity contribution in [1.29, 1.82) is 0 Å². The van der Waals surface area contributed by atoms with Gasteiger partial charge in [0.05, 0.1) is 48.5 Å². The number of hydrogen-bond acceptors (Lipinski definition) is 10. The molecular formula is C36H44ClN3O9S. The molecule has 2 amide bonds. The molecule has 1 saturated heterocycles. The van der Waals surface area contributed by atoms with Crippen LogP contribution in [0.4, 0.5) is 10.5 Å². The topological polar surface area (TPSA) is 133 Å². The molecule has 2 aromatic rings. The van der Waals surface area contributed by atoms with Crippen molar-refractivity contribution in [3.05, 3.63) is 59.1 Å². The van der Waals surface area contributed by atoms with Gasteiger partial charge in [0.15, 0.2) is 0 Å². The number of anilines is 1. The number of nitrogens with zero attached hydrogens (tertiary/aromatic N) is 2. The van der Waals surface area contributed by atoms with Crippen LogP contribution in [0.1, 0.15) is 45.1 Å². The molecule has 50 heavy (non-hydrogen) atoms. The van der Waals surface area contributed by atoms with E-state index in [9.17, 15) is 18.0 Å². The van der Waals surface area contributed by atoms with Crippen LogP contribution in [0.2, 0.25) is 5.02 Å². The van der Waals surface area contributed by atoms with Crippen molar-refractivity contribution >= 4 is 39.3 Å². The van der Waals surface area contributed by atoms with Gasteiger partial charge >= 0.3 is 6.09 Å². The molecule has 0 unspecified atom stereocenters. The summed E-state index contributed by atoms with van der Waals surface area (Å²) in [6.07, 6.45) is 5.80. The van der Waals surface area contributed by atoms with Crippen LogP contribution in [0.25, 0.3) is 0 Å². The Morgan fingerprint density at radius 3 is 2.66 bits per heavy atom. The average Bonchev–Trinajstić information content (AvgIpc) is 3.50. The van der Waals surface area contributed by atoms with Crippen LogP contribution < -0.4 is 19.1 Å². The first kappa shape index (κ1) is 34.9. The summed E-state index contributed by atoms with van der Waals surface area (Å²) in [5.41, 5.74) is -0.364. The number of sulfonamides is 1. The number of rotatable bonds is 2. The quantitative estimate of drug-likeness (QED) is 0.435. The number of nitrogens with one attached hydrogen (secondary N) is 1. The molecule has 0 aromatic heterocycles. The van der Waals surface area contributed by atoms with Crippen LogP contribution in [0.3, 0.4) is 0 Å². The van der Waals surface area contributed by atoms with E-state index in [1.165, 1.54) is 19.9 Å². The summed E-state index contributed by atoms with van der Waals surface area (Å²) >= 11 is 6.36. The largest absolute Gasteiger partial charge is 0.493 e. The minimum atomic E-state index is -4.26. The Bertz CT molecular complexity index is 1790. The second kappa shape index (κ2) is 13.6. The summed E-state index contributed by atoms with van der Waals surface area (Å²) in [4.78, 5) is 30.5. The van der Waals surface area contributed by atoms with Gasteiger partial charge in [-0.15, -0.1) is 0 Å². The van der Waals surface area contributed by atoms with E-state index in [-0.39, 0.29) is 35.5 Å². The Morgan fingerprint density at radius 1 is 1.06 bits per heavy atom. The second-order valence-electron chi connectivity index (χ2n) is 14.4. The van der Waals surface area contributed by atoms with E-state index in [1.807, 2.05) is 24.3 Å². The van der Waals surface area contributed by atoms with Crippen molar-refractivity contribution in [3.8, 4) is 11.5 Å². The van der Waals surface area contributed by atoms with Gasteiger partial charge in [0.1, 0.15) is 23.2 Å². The van der Waals surface area contributed by atoms with Crippen LogP contribution >= 0.6 is 11.6 Å². The number of likely N-dealkylation sites (tertiary alicyclic amines) is 1. The lowest BCUT2D eigenvalue weighted by Crippen LogP contribution is -2.50. The highest BCUT2D eigenvalue weighted by atomic mass is 35.5. The summed E-state index contributed by atoms with van der Waals surface area (Å²) in [5.74, 6) is 0.553. The predicted octanol–water partition coefficient (Wildman–Crippen LogP) is 4.68. The highest BCUT2D eigenvalue weighted by Gasteiger charge is 2.46. The monoisotopic (exact) mass is 729 g/mol. The first-order chi connectivity index (χ1) is 23.9. The molecule has 4 heterocycles. The summed E-state index contributed by atoms with van der Waals surface area (Å²) in [6, 6.07) is 10.4. The number of carbonyl (C=O) groups is 2. The Morgan fingerprint density at radius 2 is 1.90 bits per heavy atom. The van der Waals surface area contributed by atoms with Gasteiger partial charge in [0.2, 0.25) is 0 Å². The zero-order valence-corrected chi connectivity index (χ0v) is 30.1. The molecule has 14 heteroatoms. The van der Waals surface area contributed by atoms with Crippen molar-refractivity contribution in [2.75, 3.05) is 58.0 Å². The molecule has 0 radical (unpaired) electrons. The van der Waals surface area contributed by atoms with Gasteiger partial charge in [0.25, 0.3) is 15.9 Å². The highest BCUT2D eigenvalue weighted by molar-refractivity contribution is 7.90. The first-order valence-corrected chi connectivity index (χ1v) is 19.0. The van der Waals surface area contributed by atoms with Crippen LogP contribution in [0.5, 0.6) is 11.5 Å². The van der Waals surface area contributed by atoms with Gasteiger partial charge in [-0.05, 0) is 81.9 Å². The third kappa shape index (κ3) is 6.77. The maximum atomic E-state index is 13.6. The maximum Gasteiger partial charge on any atom is 0.410 e. The van der Waals surface area contributed by atoms with Crippen LogP contribution in [0.15, 0.2) is 53.4 Å². The van der Waals surface area contributed by atoms with Crippen molar-refractivity contribution in [2.45, 2.75) is 67.7 Å². The molecule has 1 saturated carbocycles. The zero-order valence-electron chi connectivity index (χ0n) is 28.6. The fourth-order valence-corrected chi connectivity index (χ4v) is 8.95. The second-order valence-corrected chi connectivity index (χ2v) is 16.6. The van der Waals surface area contributed by atoms with Crippen molar-refractivity contribution in [3.63, 3.8) is 0 Å². The predicted molar refractivity (Wildman–Crippen MR) is 185 cm³/mol. The number of methoxy groups -OCH3 is 1. The van der Waals surface area contributed by atoms with E-state index in [1.54, 1.807) is 30.2 Å². The minimum Gasteiger partial charge on any atom is -0.493 e. The van der Waals surface area contributed by atoms with Crippen LogP contribution in [-0.4, -0.2) is 96.2 Å². The molecule has 1 spiro atoms. The van der Waals surface area contributed by atoms with Gasteiger partial charge in [-0.3, -0.25) is 4.79 Å². The molecule has 1 N–H and O–H groups in total. The number of ether oxygens (including phenoxy) is 5. The number of carbonyl (C=O) groups excluding carboxylic acids is 2. The van der Waals surface area contributed by atoms with Crippen LogP contribution in [0, 0.1) is 11.8 Å². The van der Waals surface area contributed by atoms with E-state index in [2.05, 4.69) is 9.62 Å². The summed E-state index contributed by atoms with van der Waals surface area (Å²) in [7, 11) is -2.62. The van der Waals surface area contributed by atoms with E-state index in [0.29, 0.717) is 68.0 Å². The van der Waals surface area contributed by atoms with Gasteiger partial charge < -0.3 is 33.5 Å². The average molecular weight is 730 g/mol. The van der Waals surface area contributed by atoms with Crippen molar-refractivity contribution < 1.29 is 41.7 Å². The summed E-state index contributed by atoms with van der Waals surface area (Å²) in [6.45, 7) is 5.96. The molecular weight excluding hydrogens is 686 g/mol. The lowest BCUT2D eigenvalue weighted by Gasteiger charge is -2.45. The lowest BCUT2D eigenvalue weighted by molar-refractivity contribution is -0.139. The van der Waals surface area contributed by atoms with Crippen LogP contribution in [-0.2, 0) is 34.4 Å². The van der Waals surface area contributed by atoms with Gasteiger partial charge in [0, 0.05) is 43.2 Å². The third-order valence-electron chi connectivity index (χ3n) is 10.9. The molecule has 4 aliphatic heterocycles. The van der Waals surface area contributed by atoms with Crippen molar-refractivity contribution in [1.82, 2.24) is 9.62 Å². The highest BCUT2D eigenvalue weighted by Crippen LogP contribution is 2.48. The standard InChI is InChI=1S/C36H44ClN3O9S/c1-35(2)33(41)38-50(43,44)26-8-11-31-29(18-26)40(21-36(22-47-31)13-16-46-32-17-24(37)7-10-28(32)36)19-23-6-9-27(23)30(5-4-15-48-35)49-34(42)39-14-12-25(20-39)45-3/h4-5,7-8,10-11,17-18,23,25,27,30H,6,9,12-16,19-22H2,1-3H3,(H,38,41)/b5-4+/t23-,25+,27+,30-,36-/m0/s1. The van der Waals surface area contributed by atoms with Gasteiger partial charge in [-0.1, -0.05) is 23.7 Å². The molecule has 7 rings (SSSR count). The normalized spacial score (nSPS) is 30.8. The Hall–Kier alpha value is -3.52. The molecule has 270 valence electrons. The molecule has 5 atom stereocenters. The van der Waals surface area contributed by atoms with Gasteiger partial charge in [-0.2, -0.15) is 0 Å². The van der Waals surface area contributed by atoms with E-state index in [4.69, 9.17) is 35.3 Å². The Balaban J connectivity index is 1.27. The first-order valence-electron chi connectivity index (χ1n) is 17.2. The lowest BCUT2D eigenvalue weighted by atomic mass is 9.69. The zero-order chi connectivity index (χ0) is 35.3. The molecule has 12 nitrogen and oxygen atoms in total. The summed E-state index contributed by atoms with van der Waals surface area (Å²) in [5, 5.41) is 0.576. The van der Waals surface area contributed by atoms with Gasteiger partial charge in [-0.25, -0.2) is 17.9 Å². The third-order valence-corrected chi connectivity index (χ3v) is 12.5. The van der Waals surface area contributed by atoms with E-state index >= 15 is 0 Å². The van der Waals surface area contributed by atoms with Crippen molar-refractivity contribution in [2.24, 2.45) is 11.8 Å². The maximum absolute atomic E-state index is 13.6. The number of fused-ring (bicyclic) bond motifs is 4. The molecule has 2 aromatic carbocycles. The number of halogens is 1. The molecule has 5 aliphatic rings. The van der Waals surface area contributed by atoms with E-state index < -0.39 is 33.1 Å². The molecule has 2 bridgehead atoms. The molecule has 1 aliphatic carbocycles. The summed E-state index contributed by atoms with van der Waals surface area (Å²) < 4.78 is 59.6. The smallest absolute Gasteiger partial charge is 0.410 e. The Kier molecular flexibility index (Phi) is 9.46. The number of benzene rings is 2. The fraction of sp³-hybridized carbons (Fsp3) is 0.556. The number of amides is 2. The Labute approximate surface area is 298 Å². The SMILES string of the molecule is CO[C@@H]1CCN(C(=O)O[C@H]2/C=C/COC(C)(C)C(=O)NS(=O)(=O)c3ccc4c(c3)N(C[C@@H]3CC[C@H]32)C[C@@]2(CCOc3cc(Cl)ccc32)CO4)C1.